The van der Waals surface area contributed by atoms with Gasteiger partial charge in [0.15, 0.2) is 0 Å². The van der Waals surface area contributed by atoms with Crippen molar-refractivity contribution in [3.05, 3.63) is 11.6 Å². The molecular formula is C10H16O. The Morgan fingerprint density at radius 3 is 2.45 bits per heavy atom. The maximum Gasteiger partial charge on any atom is 0.0647 e. The van der Waals surface area contributed by atoms with Crippen LogP contribution in [0.3, 0.4) is 0 Å². The zero-order valence-corrected chi connectivity index (χ0v) is 7.46. The molecule has 1 nitrogen and oxygen atoms in total. The van der Waals surface area contributed by atoms with Crippen LogP contribution in [-0.4, -0.2) is 11.2 Å². The van der Waals surface area contributed by atoms with Crippen molar-refractivity contribution < 1.29 is 5.11 Å². The average Bonchev–Trinajstić information content (AvgIpc) is 1.85. The molecular weight excluding hydrogens is 136 g/mol. The Morgan fingerprint density at radius 1 is 1.55 bits per heavy atom. The van der Waals surface area contributed by atoms with Crippen LogP contribution in [0, 0.1) is 17.3 Å². The predicted molar refractivity (Wildman–Crippen MR) is 45.1 cm³/mol. The molecule has 3 aliphatic rings. The Balaban J connectivity index is 2.34. The summed E-state index contributed by atoms with van der Waals surface area (Å²) in [6.45, 7) is 6.68. The van der Waals surface area contributed by atoms with Gasteiger partial charge in [-0.05, 0) is 24.7 Å². The number of rotatable bonds is 0. The van der Waals surface area contributed by atoms with Crippen molar-refractivity contribution in [2.24, 2.45) is 17.3 Å². The molecule has 0 aromatic rings. The van der Waals surface area contributed by atoms with Crippen LogP contribution in [0.25, 0.3) is 0 Å². The average molecular weight is 152 g/mol. The van der Waals surface area contributed by atoms with Crippen molar-refractivity contribution in [1.82, 2.24) is 0 Å². The van der Waals surface area contributed by atoms with E-state index in [1.165, 1.54) is 5.57 Å². The highest BCUT2D eigenvalue weighted by molar-refractivity contribution is 5.25. The number of hydrogen-bond acceptors (Lipinski definition) is 1. The highest BCUT2D eigenvalue weighted by atomic mass is 16.3. The monoisotopic (exact) mass is 152 g/mol. The molecule has 1 fully saturated rings. The Labute approximate surface area is 68.1 Å². The lowest BCUT2D eigenvalue weighted by atomic mass is 9.47. The van der Waals surface area contributed by atoms with Crippen LogP contribution in [0.15, 0.2) is 11.6 Å². The maximum absolute atomic E-state index is 9.69. The molecule has 3 rings (SSSR count). The van der Waals surface area contributed by atoms with E-state index < -0.39 is 0 Å². The summed E-state index contributed by atoms with van der Waals surface area (Å²) in [5, 5.41) is 9.69. The molecule has 0 spiro atoms. The lowest BCUT2D eigenvalue weighted by molar-refractivity contribution is -0.144. The van der Waals surface area contributed by atoms with Gasteiger partial charge < -0.3 is 5.11 Å². The Kier molecular flexibility index (Phi) is 1.26. The fourth-order valence-corrected chi connectivity index (χ4v) is 2.96. The lowest BCUT2D eigenvalue weighted by Crippen LogP contribution is -2.59. The summed E-state index contributed by atoms with van der Waals surface area (Å²) < 4.78 is 0. The van der Waals surface area contributed by atoms with Gasteiger partial charge in [-0.25, -0.2) is 0 Å². The summed E-state index contributed by atoms with van der Waals surface area (Å²) in [5.74, 6) is 0.970. The van der Waals surface area contributed by atoms with E-state index in [0.717, 1.165) is 6.42 Å². The molecule has 3 aliphatic carbocycles. The zero-order valence-electron chi connectivity index (χ0n) is 7.46. The topological polar surface area (TPSA) is 20.2 Å². The first-order chi connectivity index (χ1) is 5.05. The highest BCUT2D eigenvalue weighted by Crippen LogP contribution is 2.58. The molecule has 0 heterocycles. The summed E-state index contributed by atoms with van der Waals surface area (Å²) in [7, 11) is 0. The quantitative estimate of drug-likeness (QED) is 0.526. The van der Waals surface area contributed by atoms with Crippen molar-refractivity contribution in [1.29, 1.82) is 0 Å². The van der Waals surface area contributed by atoms with Gasteiger partial charge >= 0.3 is 0 Å². The Hall–Kier alpha value is -0.300. The maximum atomic E-state index is 9.69. The zero-order chi connectivity index (χ0) is 8.22. The minimum Gasteiger partial charge on any atom is -0.392 e. The van der Waals surface area contributed by atoms with E-state index in [9.17, 15) is 5.11 Å². The molecule has 0 aromatic heterocycles. The molecule has 0 radical (unpaired) electrons. The second-order valence-corrected chi connectivity index (χ2v) is 4.58. The predicted octanol–water partition coefficient (Wildman–Crippen LogP) is 1.97. The fraction of sp³-hybridized carbons (Fsp3) is 0.800. The molecule has 1 N–H and O–H groups in total. The first-order valence-electron chi connectivity index (χ1n) is 4.40. The molecule has 0 aromatic carbocycles. The first-order valence-corrected chi connectivity index (χ1v) is 4.40. The summed E-state index contributed by atoms with van der Waals surface area (Å²) in [6, 6.07) is 0. The van der Waals surface area contributed by atoms with E-state index in [0.29, 0.717) is 17.3 Å². The van der Waals surface area contributed by atoms with Crippen LogP contribution in [0.1, 0.15) is 27.2 Å². The normalized spacial score (nSPS) is 46.2. The molecule has 3 atom stereocenters. The highest BCUT2D eigenvalue weighted by Gasteiger charge is 2.57. The van der Waals surface area contributed by atoms with Gasteiger partial charge in [-0.1, -0.05) is 25.5 Å². The number of hydrogen-bond donors (Lipinski definition) is 1. The molecule has 1 saturated carbocycles. The molecule has 1 heteroatoms. The van der Waals surface area contributed by atoms with Crippen molar-refractivity contribution >= 4 is 0 Å². The molecule has 11 heavy (non-hydrogen) atoms. The number of fused-ring (bicyclic) bond motifs is 1. The van der Waals surface area contributed by atoms with Gasteiger partial charge in [0.05, 0.1) is 6.10 Å². The van der Waals surface area contributed by atoms with Gasteiger partial charge in [-0.2, -0.15) is 0 Å². The molecule has 2 bridgehead atoms. The van der Waals surface area contributed by atoms with Gasteiger partial charge in [0.25, 0.3) is 0 Å². The summed E-state index contributed by atoms with van der Waals surface area (Å²) in [5.41, 5.74) is 1.75. The van der Waals surface area contributed by atoms with Gasteiger partial charge in [-0.3, -0.25) is 0 Å². The lowest BCUT2D eigenvalue weighted by Gasteiger charge is -2.59. The van der Waals surface area contributed by atoms with Gasteiger partial charge in [0, 0.05) is 5.92 Å². The first kappa shape index (κ1) is 7.35. The molecule has 0 amide bonds. The molecule has 0 unspecified atom stereocenters. The van der Waals surface area contributed by atoms with Crippen molar-refractivity contribution in [2.75, 3.05) is 0 Å². The second kappa shape index (κ2) is 1.89. The van der Waals surface area contributed by atoms with Crippen LogP contribution < -0.4 is 0 Å². The van der Waals surface area contributed by atoms with E-state index in [4.69, 9.17) is 0 Å². The third-order valence-corrected chi connectivity index (χ3v) is 3.70. The summed E-state index contributed by atoms with van der Waals surface area (Å²) >= 11 is 0. The Bertz CT molecular complexity index is 215. The third-order valence-electron chi connectivity index (χ3n) is 3.70. The smallest absolute Gasteiger partial charge is 0.0647 e. The van der Waals surface area contributed by atoms with Crippen molar-refractivity contribution in [2.45, 2.75) is 33.3 Å². The minimum absolute atomic E-state index is 0.0463. The van der Waals surface area contributed by atoms with E-state index in [-0.39, 0.29) is 6.10 Å². The van der Waals surface area contributed by atoms with Crippen LogP contribution in [0.4, 0.5) is 0 Å². The number of aliphatic hydroxyl groups is 1. The number of allylic oxidation sites excluding steroid dienone is 1. The minimum atomic E-state index is -0.0463. The Morgan fingerprint density at radius 2 is 2.18 bits per heavy atom. The van der Waals surface area contributed by atoms with Crippen LogP contribution in [-0.2, 0) is 0 Å². The van der Waals surface area contributed by atoms with Gasteiger partial charge in [-0.15, -0.1) is 0 Å². The van der Waals surface area contributed by atoms with Crippen molar-refractivity contribution in [3.8, 4) is 0 Å². The van der Waals surface area contributed by atoms with Crippen LogP contribution in [0.2, 0.25) is 0 Å². The van der Waals surface area contributed by atoms with Gasteiger partial charge in [0.1, 0.15) is 0 Å². The largest absolute Gasteiger partial charge is 0.392 e. The standard InChI is InChI=1S/C10H16O/c1-6-4-5-7-9(11)8(6)10(7,2)3/h4,7-9,11H,5H2,1-3H3/t7-,8+,9-/m0/s1. The van der Waals surface area contributed by atoms with E-state index in [1.807, 2.05) is 0 Å². The van der Waals surface area contributed by atoms with Gasteiger partial charge in [0.2, 0.25) is 0 Å². The van der Waals surface area contributed by atoms with Crippen LogP contribution in [0.5, 0.6) is 0 Å². The van der Waals surface area contributed by atoms with E-state index in [2.05, 4.69) is 26.8 Å². The summed E-state index contributed by atoms with van der Waals surface area (Å²) in [6.07, 6.45) is 3.32. The third kappa shape index (κ3) is 0.698. The van der Waals surface area contributed by atoms with Crippen LogP contribution >= 0.6 is 0 Å². The van der Waals surface area contributed by atoms with Crippen molar-refractivity contribution in [3.63, 3.8) is 0 Å². The SMILES string of the molecule is CC1=CC[C@H]2[C@H](O)[C@@H]1C2(C)C. The molecule has 0 saturated heterocycles. The molecule has 62 valence electrons. The van der Waals surface area contributed by atoms with E-state index >= 15 is 0 Å². The number of aliphatic hydroxyl groups excluding tert-OH is 1. The fourth-order valence-electron chi connectivity index (χ4n) is 2.96. The molecule has 0 aliphatic heterocycles. The summed E-state index contributed by atoms with van der Waals surface area (Å²) in [4.78, 5) is 0. The van der Waals surface area contributed by atoms with E-state index in [1.54, 1.807) is 0 Å². The second-order valence-electron chi connectivity index (χ2n) is 4.58.